The van der Waals surface area contributed by atoms with E-state index in [9.17, 15) is 13.2 Å². The minimum atomic E-state index is -3.17. The van der Waals surface area contributed by atoms with Gasteiger partial charge in [-0.15, -0.1) is 0 Å². The molecular formula is C15H22N2O3S. The van der Waals surface area contributed by atoms with Crippen LogP contribution in [0.1, 0.15) is 38.3 Å². The van der Waals surface area contributed by atoms with Crippen LogP contribution in [-0.2, 0) is 14.6 Å². The van der Waals surface area contributed by atoms with Gasteiger partial charge < -0.3 is 5.32 Å². The number of benzene rings is 1. The summed E-state index contributed by atoms with van der Waals surface area (Å²) >= 11 is 0. The Morgan fingerprint density at radius 2 is 1.76 bits per heavy atom. The highest BCUT2D eigenvalue weighted by molar-refractivity contribution is 7.90. The first-order valence-corrected chi connectivity index (χ1v) is 9.03. The molecule has 1 aromatic rings. The molecule has 0 aromatic heterocycles. The van der Waals surface area contributed by atoms with Crippen LogP contribution in [0.15, 0.2) is 29.2 Å². The first kappa shape index (κ1) is 16.0. The summed E-state index contributed by atoms with van der Waals surface area (Å²) in [6.07, 6.45) is 3.33. The lowest BCUT2D eigenvalue weighted by Gasteiger charge is -2.20. The van der Waals surface area contributed by atoms with E-state index in [4.69, 9.17) is 0 Å². The van der Waals surface area contributed by atoms with Crippen LogP contribution in [0.5, 0.6) is 0 Å². The van der Waals surface area contributed by atoms with Crippen LogP contribution in [0.3, 0.4) is 0 Å². The van der Waals surface area contributed by atoms with Gasteiger partial charge in [-0.25, -0.2) is 8.42 Å². The first-order chi connectivity index (χ1) is 9.77. The molecule has 0 heterocycles. The van der Waals surface area contributed by atoms with Crippen molar-refractivity contribution in [2.45, 2.75) is 49.7 Å². The lowest BCUT2D eigenvalue weighted by Crippen LogP contribution is -2.43. The van der Waals surface area contributed by atoms with E-state index in [2.05, 4.69) is 10.6 Å². The van der Waals surface area contributed by atoms with Crippen molar-refractivity contribution in [2.24, 2.45) is 0 Å². The van der Waals surface area contributed by atoms with E-state index in [1.807, 2.05) is 13.8 Å². The lowest BCUT2D eigenvalue weighted by atomic mass is 10.1. The van der Waals surface area contributed by atoms with Crippen molar-refractivity contribution < 1.29 is 13.2 Å². The van der Waals surface area contributed by atoms with Gasteiger partial charge in [-0.3, -0.25) is 10.1 Å². The molecule has 21 heavy (non-hydrogen) atoms. The highest BCUT2D eigenvalue weighted by Crippen LogP contribution is 2.19. The number of nitrogens with one attached hydrogen (secondary N) is 2. The Kier molecular flexibility index (Phi) is 4.68. The molecule has 0 radical (unpaired) electrons. The molecule has 116 valence electrons. The lowest BCUT2D eigenvalue weighted by molar-refractivity contribution is -0.123. The monoisotopic (exact) mass is 310 g/mol. The molecule has 0 spiro atoms. The number of carbonyl (C=O) groups excluding carboxylic acids is 1. The van der Waals surface area contributed by atoms with Gasteiger partial charge in [-0.1, -0.05) is 12.1 Å². The van der Waals surface area contributed by atoms with Crippen molar-refractivity contribution in [3.05, 3.63) is 29.8 Å². The largest absolute Gasteiger partial charge is 0.352 e. The van der Waals surface area contributed by atoms with Crippen LogP contribution in [0, 0.1) is 0 Å². The SMILES string of the molecule is CC(NC(C)c1ccc(S(C)(=O)=O)cc1)C(=O)NC1CC1. The smallest absolute Gasteiger partial charge is 0.237 e. The Balaban J connectivity index is 1.95. The van der Waals surface area contributed by atoms with E-state index in [0.29, 0.717) is 10.9 Å². The zero-order valence-electron chi connectivity index (χ0n) is 12.6. The Hall–Kier alpha value is -1.40. The predicted octanol–water partition coefficient (Wildman–Crippen LogP) is 1.41. The Labute approximate surface area is 126 Å². The topological polar surface area (TPSA) is 75.3 Å². The number of amides is 1. The second kappa shape index (κ2) is 6.15. The summed E-state index contributed by atoms with van der Waals surface area (Å²) in [6, 6.07) is 6.79. The fourth-order valence-corrected chi connectivity index (χ4v) is 2.73. The molecule has 1 saturated carbocycles. The third-order valence-corrected chi connectivity index (χ3v) is 4.75. The van der Waals surface area contributed by atoms with Gasteiger partial charge in [0.25, 0.3) is 0 Å². The molecule has 1 fully saturated rings. The number of carbonyl (C=O) groups is 1. The van der Waals surface area contributed by atoms with E-state index in [-0.39, 0.29) is 18.0 Å². The fraction of sp³-hybridized carbons (Fsp3) is 0.533. The summed E-state index contributed by atoms with van der Waals surface area (Å²) in [4.78, 5) is 12.2. The summed E-state index contributed by atoms with van der Waals surface area (Å²) in [7, 11) is -3.17. The van der Waals surface area contributed by atoms with Crippen molar-refractivity contribution in [3.8, 4) is 0 Å². The Bertz CT molecular complexity index is 606. The van der Waals surface area contributed by atoms with E-state index in [1.165, 1.54) is 6.26 Å². The van der Waals surface area contributed by atoms with E-state index in [0.717, 1.165) is 18.4 Å². The summed E-state index contributed by atoms with van der Waals surface area (Å²) in [5.41, 5.74) is 0.952. The number of hydrogen-bond acceptors (Lipinski definition) is 4. The van der Waals surface area contributed by atoms with Crippen molar-refractivity contribution in [1.29, 1.82) is 0 Å². The van der Waals surface area contributed by atoms with Crippen LogP contribution in [0.25, 0.3) is 0 Å². The van der Waals surface area contributed by atoms with Crippen molar-refractivity contribution in [2.75, 3.05) is 6.26 Å². The quantitative estimate of drug-likeness (QED) is 0.833. The van der Waals surface area contributed by atoms with E-state index >= 15 is 0 Å². The molecule has 2 atom stereocenters. The van der Waals surface area contributed by atoms with Crippen LogP contribution < -0.4 is 10.6 Å². The summed E-state index contributed by atoms with van der Waals surface area (Å²) < 4.78 is 22.8. The molecule has 2 N–H and O–H groups in total. The third-order valence-electron chi connectivity index (χ3n) is 3.63. The van der Waals surface area contributed by atoms with Crippen LogP contribution in [-0.4, -0.2) is 32.7 Å². The Morgan fingerprint density at radius 3 is 2.24 bits per heavy atom. The molecule has 0 bridgehead atoms. The number of rotatable bonds is 6. The molecule has 1 amide bonds. The number of hydrogen-bond donors (Lipinski definition) is 2. The summed E-state index contributed by atoms with van der Waals surface area (Å²) in [6.45, 7) is 3.79. The number of sulfone groups is 1. The minimum Gasteiger partial charge on any atom is -0.352 e. The van der Waals surface area contributed by atoms with Gasteiger partial charge in [-0.05, 0) is 44.4 Å². The third kappa shape index (κ3) is 4.54. The summed E-state index contributed by atoms with van der Waals surface area (Å²) in [5, 5.41) is 6.18. The Morgan fingerprint density at radius 1 is 1.19 bits per heavy atom. The maximum Gasteiger partial charge on any atom is 0.237 e. The highest BCUT2D eigenvalue weighted by Gasteiger charge is 2.26. The zero-order valence-corrected chi connectivity index (χ0v) is 13.4. The molecule has 1 aromatic carbocycles. The second-order valence-corrected chi connectivity index (χ2v) is 7.75. The maximum atomic E-state index is 11.9. The normalized spacial score (nSPS) is 18.0. The molecule has 5 nitrogen and oxygen atoms in total. The molecule has 0 aliphatic heterocycles. The molecular weight excluding hydrogens is 288 g/mol. The minimum absolute atomic E-state index is 0.0112. The van der Waals surface area contributed by atoms with Crippen molar-refractivity contribution in [3.63, 3.8) is 0 Å². The van der Waals surface area contributed by atoms with Gasteiger partial charge in [0.05, 0.1) is 10.9 Å². The van der Waals surface area contributed by atoms with Gasteiger partial charge in [0.2, 0.25) is 5.91 Å². The molecule has 2 unspecified atom stereocenters. The molecule has 1 aliphatic rings. The van der Waals surface area contributed by atoms with Crippen LogP contribution in [0.4, 0.5) is 0 Å². The van der Waals surface area contributed by atoms with Crippen LogP contribution >= 0.6 is 0 Å². The molecule has 2 rings (SSSR count). The molecule has 6 heteroatoms. The van der Waals surface area contributed by atoms with Crippen LogP contribution in [0.2, 0.25) is 0 Å². The van der Waals surface area contributed by atoms with Gasteiger partial charge in [0, 0.05) is 18.3 Å². The predicted molar refractivity (Wildman–Crippen MR) is 81.7 cm³/mol. The average Bonchev–Trinajstić information content (AvgIpc) is 3.21. The van der Waals surface area contributed by atoms with Gasteiger partial charge >= 0.3 is 0 Å². The zero-order chi connectivity index (χ0) is 15.6. The fourth-order valence-electron chi connectivity index (χ4n) is 2.10. The van der Waals surface area contributed by atoms with E-state index < -0.39 is 9.84 Å². The first-order valence-electron chi connectivity index (χ1n) is 7.14. The summed E-state index contributed by atoms with van der Waals surface area (Å²) in [5.74, 6) is 0.0112. The van der Waals surface area contributed by atoms with Crippen molar-refractivity contribution in [1.82, 2.24) is 10.6 Å². The van der Waals surface area contributed by atoms with E-state index in [1.54, 1.807) is 24.3 Å². The standard InChI is InChI=1S/C15H22N2O3S/c1-10(16-11(2)15(18)17-13-6-7-13)12-4-8-14(9-5-12)21(3,19)20/h4-5,8-11,13,16H,6-7H2,1-3H3,(H,17,18). The molecule has 1 aliphatic carbocycles. The maximum absolute atomic E-state index is 11.9. The van der Waals surface area contributed by atoms with Gasteiger partial charge in [0.1, 0.15) is 0 Å². The van der Waals surface area contributed by atoms with Gasteiger partial charge in [0.15, 0.2) is 9.84 Å². The highest BCUT2D eigenvalue weighted by atomic mass is 32.2. The second-order valence-electron chi connectivity index (χ2n) is 5.73. The van der Waals surface area contributed by atoms with Crippen molar-refractivity contribution >= 4 is 15.7 Å². The molecule has 0 saturated heterocycles. The average molecular weight is 310 g/mol. The van der Waals surface area contributed by atoms with Gasteiger partial charge in [-0.2, -0.15) is 0 Å².